The van der Waals surface area contributed by atoms with Gasteiger partial charge in [0, 0.05) is 0 Å². The predicted octanol–water partition coefficient (Wildman–Crippen LogP) is 3.24. The van der Waals surface area contributed by atoms with Crippen LogP contribution in [0.4, 0.5) is 0 Å². The van der Waals surface area contributed by atoms with Crippen LogP contribution in [0.15, 0.2) is 54.6 Å². The molecule has 0 fully saturated rings. The molecule has 0 saturated carbocycles. The highest BCUT2D eigenvalue weighted by molar-refractivity contribution is 7.63. The lowest BCUT2D eigenvalue weighted by Crippen LogP contribution is -1.90. The third-order valence-electron chi connectivity index (χ3n) is 3.05. The first-order chi connectivity index (χ1) is 10.0. The molecule has 0 amide bonds. The van der Waals surface area contributed by atoms with Gasteiger partial charge < -0.3 is 14.8 Å². The molecule has 0 radical (unpaired) electrons. The molecule has 5 nitrogen and oxygen atoms in total. The number of H-pyrrole nitrogens is 1. The summed E-state index contributed by atoms with van der Waals surface area (Å²) in [5, 5.41) is -0.120. The van der Waals surface area contributed by atoms with E-state index in [0.717, 1.165) is 5.52 Å². The molecule has 2 aromatic carbocycles. The summed E-state index contributed by atoms with van der Waals surface area (Å²) < 4.78 is 11.8. The van der Waals surface area contributed by atoms with Gasteiger partial charge in [-0.2, -0.15) is 0 Å². The summed E-state index contributed by atoms with van der Waals surface area (Å²) in [6, 6.07) is 16.3. The van der Waals surface area contributed by atoms with E-state index in [1.807, 2.05) is 36.4 Å². The number of imidazole rings is 1. The number of rotatable bonds is 3. The Kier molecular flexibility index (Phi) is 3.47. The van der Waals surface area contributed by atoms with Crippen molar-refractivity contribution >= 4 is 30.0 Å². The first-order valence-electron chi connectivity index (χ1n) is 6.32. The second kappa shape index (κ2) is 5.30. The molecule has 0 aliphatic carbocycles. The summed E-state index contributed by atoms with van der Waals surface area (Å²) >= 11 is 0. The van der Waals surface area contributed by atoms with Crippen LogP contribution in [0, 0.1) is 0 Å². The molecule has 0 atom stereocenters. The number of aromatic nitrogens is 2. The molecule has 3 N–H and O–H groups in total. The van der Waals surface area contributed by atoms with E-state index in [1.165, 1.54) is 6.08 Å². The first-order valence-corrected chi connectivity index (χ1v) is 7.93. The quantitative estimate of drug-likeness (QED) is 0.648. The Labute approximate surface area is 121 Å². The van der Waals surface area contributed by atoms with Crippen molar-refractivity contribution in [2.45, 2.75) is 0 Å². The van der Waals surface area contributed by atoms with Crippen molar-refractivity contribution in [3.05, 3.63) is 66.0 Å². The van der Waals surface area contributed by atoms with Gasteiger partial charge in [-0.3, -0.25) is 4.57 Å². The number of para-hydroxylation sites is 2. The number of nitrogens with zero attached hydrogens (tertiary/aromatic N) is 1. The van der Waals surface area contributed by atoms with Crippen LogP contribution in [0.3, 0.4) is 0 Å². The zero-order valence-corrected chi connectivity index (χ0v) is 11.9. The zero-order chi connectivity index (χ0) is 14.9. The summed E-state index contributed by atoms with van der Waals surface area (Å²) in [4.78, 5) is 26.4. The number of benzene rings is 2. The van der Waals surface area contributed by atoms with Gasteiger partial charge >= 0.3 is 7.60 Å². The Morgan fingerprint density at radius 2 is 1.71 bits per heavy atom. The molecular formula is C15H13N2O3P. The van der Waals surface area contributed by atoms with Crippen molar-refractivity contribution in [2.75, 3.05) is 0 Å². The minimum absolute atomic E-state index is 0.120. The van der Waals surface area contributed by atoms with E-state index < -0.39 is 7.60 Å². The Hall–Kier alpha value is -2.20. The second-order valence-electron chi connectivity index (χ2n) is 4.59. The van der Waals surface area contributed by atoms with E-state index >= 15 is 0 Å². The molecule has 0 saturated heterocycles. The SMILES string of the molecule is O=P(O)(O)/C(=C/c1ccccc1)c1nc2ccccc2[nH]1. The molecular weight excluding hydrogens is 287 g/mol. The van der Waals surface area contributed by atoms with Gasteiger partial charge in [0.25, 0.3) is 0 Å². The number of hydrogen-bond acceptors (Lipinski definition) is 2. The van der Waals surface area contributed by atoms with Crippen molar-refractivity contribution in [3.8, 4) is 0 Å². The fourth-order valence-electron chi connectivity index (χ4n) is 2.07. The van der Waals surface area contributed by atoms with Crippen LogP contribution >= 0.6 is 7.60 Å². The van der Waals surface area contributed by atoms with Gasteiger partial charge in [0.1, 0.15) is 11.1 Å². The molecule has 21 heavy (non-hydrogen) atoms. The lowest BCUT2D eigenvalue weighted by Gasteiger charge is -2.06. The highest BCUT2D eigenvalue weighted by Crippen LogP contribution is 2.51. The molecule has 0 aliphatic heterocycles. The molecule has 3 aromatic rings. The van der Waals surface area contributed by atoms with Gasteiger partial charge in [-0.25, -0.2) is 4.98 Å². The minimum atomic E-state index is -4.45. The van der Waals surface area contributed by atoms with E-state index in [2.05, 4.69) is 9.97 Å². The van der Waals surface area contributed by atoms with Crippen molar-refractivity contribution in [1.82, 2.24) is 9.97 Å². The molecule has 1 heterocycles. The standard InChI is InChI=1S/C15H13N2O3P/c18-21(19,20)14(10-11-6-2-1-3-7-11)15-16-12-8-4-5-9-13(12)17-15/h1-10H,(H,16,17)(H2,18,19,20)/b14-10+. The van der Waals surface area contributed by atoms with E-state index in [-0.39, 0.29) is 11.1 Å². The maximum absolute atomic E-state index is 11.8. The topological polar surface area (TPSA) is 86.2 Å². The van der Waals surface area contributed by atoms with Crippen molar-refractivity contribution in [2.24, 2.45) is 0 Å². The van der Waals surface area contributed by atoms with Crippen LogP contribution in [-0.4, -0.2) is 19.8 Å². The molecule has 0 unspecified atom stereocenters. The molecule has 0 aliphatic rings. The summed E-state index contributed by atoms with van der Waals surface area (Å²) in [6.45, 7) is 0. The van der Waals surface area contributed by atoms with E-state index in [0.29, 0.717) is 11.1 Å². The maximum Gasteiger partial charge on any atom is 0.359 e. The molecule has 6 heteroatoms. The van der Waals surface area contributed by atoms with Gasteiger partial charge in [0.15, 0.2) is 0 Å². The Morgan fingerprint density at radius 1 is 1.05 bits per heavy atom. The third kappa shape index (κ3) is 2.95. The molecule has 0 bridgehead atoms. The molecule has 1 aromatic heterocycles. The smallest absolute Gasteiger partial charge is 0.338 e. The summed E-state index contributed by atoms with van der Waals surface area (Å²) in [6.07, 6.45) is 1.46. The number of hydrogen-bond donors (Lipinski definition) is 3. The average Bonchev–Trinajstić information content (AvgIpc) is 2.88. The number of nitrogens with one attached hydrogen (secondary N) is 1. The third-order valence-corrected chi connectivity index (χ3v) is 4.02. The van der Waals surface area contributed by atoms with E-state index in [1.54, 1.807) is 18.2 Å². The largest absolute Gasteiger partial charge is 0.359 e. The number of aromatic amines is 1. The molecule has 3 rings (SSSR count). The highest BCUT2D eigenvalue weighted by atomic mass is 31.2. The van der Waals surface area contributed by atoms with E-state index in [4.69, 9.17) is 0 Å². The molecule has 106 valence electrons. The fraction of sp³-hybridized carbons (Fsp3) is 0. The number of fused-ring (bicyclic) bond motifs is 1. The fourth-order valence-corrected chi connectivity index (χ4v) is 2.77. The van der Waals surface area contributed by atoms with Crippen LogP contribution in [0.25, 0.3) is 22.4 Å². The van der Waals surface area contributed by atoms with Gasteiger partial charge in [-0.1, -0.05) is 42.5 Å². The lowest BCUT2D eigenvalue weighted by molar-refractivity contribution is 0.388. The summed E-state index contributed by atoms with van der Waals surface area (Å²) in [5.74, 6) is 0.188. The Bertz CT molecular complexity index is 816. The summed E-state index contributed by atoms with van der Waals surface area (Å²) in [5.41, 5.74) is 2.11. The monoisotopic (exact) mass is 300 g/mol. The first kappa shape index (κ1) is 13.8. The maximum atomic E-state index is 11.8. The van der Waals surface area contributed by atoms with E-state index in [9.17, 15) is 14.4 Å². The van der Waals surface area contributed by atoms with Crippen LogP contribution < -0.4 is 0 Å². The van der Waals surface area contributed by atoms with Crippen molar-refractivity contribution in [3.63, 3.8) is 0 Å². The van der Waals surface area contributed by atoms with Gasteiger partial charge in [-0.15, -0.1) is 0 Å². The predicted molar refractivity (Wildman–Crippen MR) is 82.5 cm³/mol. The summed E-state index contributed by atoms with van der Waals surface area (Å²) in [7, 11) is -4.45. The van der Waals surface area contributed by atoms with Gasteiger partial charge in [-0.05, 0) is 23.8 Å². The highest BCUT2D eigenvalue weighted by Gasteiger charge is 2.25. The van der Waals surface area contributed by atoms with Crippen LogP contribution in [-0.2, 0) is 4.57 Å². The Balaban J connectivity index is 2.16. The normalized spacial score (nSPS) is 12.8. The van der Waals surface area contributed by atoms with Crippen molar-refractivity contribution < 1.29 is 14.4 Å². The Morgan fingerprint density at radius 3 is 2.38 bits per heavy atom. The van der Waals surface area contributed by atoms with Crippen LogP contribution in [0.5, 0.6) is 0 Å². The minimum Gasteiger partial charge on any atom is -0.338 e. The van der Waals surface area contributed by atoms with Gasteiger partial charge in [0.2, 0.25) is 0 Å². The van der Waals surface area contributed by atoms with Crippen LogP contribution in [0.1, 0.15) is 11.4 Å². The molecule has 0 spiro atoms. The van der Waals surface area contributed by atoms with Crippen LogP contribution in [0.2, 0.25) is 0 Å². The van der Waals surface area contributed by atoms with Crippen molar-refractivity contribution in [1.29, 1.82) is 0 Å². The second-order valence-corrected chi connectivity index (χ2v) is 6.16. The zero-order valence-electron chi connectivity index (χ0n) is 11.0. The lowest BCUT2D eigenvalue weighted by atomic mass is 10.2. The average molecular weight is 300 g/mol. The van der Waals surface area contributed by atoms with Gasteiger partial charge in [0.05, 0.1) is 11.0 Å².